The second-order valence-corrected chi connectivity index (χ2v) is 11.4. The first-order chi connectivity index (χ1) is 22.6. The first kappa shape index (κ1) is 33.8. The highest BCUT2D eigenvalue weighted by atomic mass is 19.3. The molecule has 0 aliphatic heterocycles. The van der Waals surface area contributed by atoms with Gasteiger partial charge in [0.15, 0.2) is 0 Å². The molecule has 47 heavy (non-hydrogen) atoms. The molecule has 5 aromatic rings. The van der Waals surface area contributed by atoms with Crippen molar-refractivity contribution < 1.29 is 35.5 Å². The van der Waals surface area contributed by atoms with E-state index < -0.39 is 41.6 Å². The lowest BCUT2D eigenvalue weighted by Gasteiger charge is -2.19. The third-order valence-corrected chi connectivity index (χ3v) is 8.04. The van der Waals surface area contributed by atoms with Gasteiger partial charge < -0.3 is 4.74 Å². The quantitative estimate of drug-likeness (QED) is 0.0910. The van der Waals surface area contributed by atoms with Gasteiger partial charge in [-0.1, -0.05) is 74.4 Å². The van der Waals surface area contributed by atoms with E-state index >= 15 is 8.78 Å². The van der Waals surface area contributed by atoms with Crippen LogP contribution in [0.15, 0.2) is 97.1 Å². The van der Waals surface area contributed by atoms with Crippen molar-refractivity contribution in [1.82, 2.24) is 0 Å². The molecule has 0 radical (unpaired) electrons. The van der Waals surface area contributed by atoms with Crippen molar-refractivity contribution in [2.45, 2.75) is 51.6 Å². The van der Waals surface area contributed by atoms with Gasteiger partial charge in [0, 0.05) is 11.1 Å². The van der Waals surface area contributed by atoms with Crippen molar-refractivity contribution in [3.8, 4) is 39.1 Å². The minimum Gasteiger partial charge on any atom is -0.429 e. The normalized spacial score (nSPS) is 11.6. The molecular formula is C39H33F7O. The molecule has 5 aromatic carbocycles. The zero-order valence-corrected chi connectivity index (χ0v) is 25.7. The molecular weight excluding hydrogens is 617 g/mol. The van der Waals surface area contributed by atoms with Crippen LogP contribution < -0.4 is 4.74 Å². The smallest absolute Gasteiger partial charge is 0.429 e. The third-order valence-electron chi connectivity index (χ3n) is 8.04. The Morgan fingerprint density at radius 1 is 0.553 bits per heavy atom. The molecule has 0 aliphatic rings. The van der Waals surface area contributed by atoms with Gasteiger partial charge in [-0.15, -0.1) is 0 Å². The molecule has 0 bridgehead atoms. The monoisotopic (exact) mass is 650 g/mol. The summed E-state index contributed by atoms with van der Waals surface area (Å²) >= 11 is 0. The summed E-state index contributed by atoms with van der Waals surface area (Å²) in [6.07, 6.45) is -0.0746. The van der Waals surface area contributed by atoms with Crippen LogP contribution in [0.1, 0.15) is 49.3 Å². The molecule has 0 amide bonds. The summed E-state index contributed by atoms with van der Waals surface area (Å²) in [6, 6.07) is 21.9. The largest absolute Gasteiger partial charge is 0.429 e. The molecule has 0 aliphatic carbocycles. The Morgan fingerprint density at radius 2 is 1.15 bits per heavy atom. The maximum atomic E-state index is 15.3. The summed E-state index contributed by atoms with van der Waals surface area (Å²) in [6.45, 7) is 1.48. The first-order valence-electron chi connectivity index (χ1n) is 15.5. The maximum Gasteiger partial charge on any atom is 0.429 e. The predicted molar refractivity (Wildman–Crippen MR) is 171 cm³/mol. The van der Waals surface area contributed by atoms with E-state index in [1.807, 2.05) is 6.92 Å². The summed E-state index contributed by atoms with van der Waals surface area (Å²) in [5.41, 5.74) is 1.91. The highest BCUT2D eigenvalue weighted by Crippen LogP contribution is 2.36. The third kappa shape index (κ3) is 8.05. The van der Waals surface area contributed by atoms with Crippen molar-refractivity contribution in [2.24, 2.45) is 0 Å². The fourth-order valence-corrected chi connectivity index (χ4v) is 5.47. The van der Waals surface area contributed by atoms with E-state index in [2.05, 4.69) is 0 Å². The van der Waals surface area contributed by atoms with E-state index in [1.54, 1.807) is 12.1 Å². The van der Waals surface area contributed by atoms with Gasteiger partial charge in [0.1, 0.15) is 29.0 Å². The first-order valence-corrected chi connectivity index (χ1v) is 15.5. The molecule has 0 aromatic heterocycles. The van der Waals surface area contributed by atoms with Gasteiger partial charge in [-0.2, -0.15) is 8.78 Å². The molecule has 244 valence electrons. The van der Waals surface area contributed by atoms with E-state index in [-0.39, 0.29) is 35.3 Å². The van der Waals surface area contributed by atoms with Crippen molar-refractivity contribution >= 4 is 0 Å². The van der Waals surface area contributed by atoms with Crippen molar-refractivity contribution in [3.05, 3.63) is 137 Å². The lowest BCUT2D eigenvalue weighted by Crippen LogP contribution is -2.23. The number of alkyl halides is 3. The Hall–Kier alpha value is -4.59. The van der Waals surface area contributed by atoms with Crippen molar-refractivity contribution in [1.29, 1.82) is 0 Å². The molecule has 8 heteroatoms. The second-order valence-electron chi connectivity index (χ2n) is 11.4. The zero-order chi connectivity index (χ0) is 33.6. The van der Waals surface area contributed by atoms with E-state index in [9.17, 15) is 22.0 Å². The molecule has 0 fully saturated rings. The number of hydrogen-bond acceptors (Lipinski definition) is 1. The van der Waals surface area contributed by atoms with Crippen LogP contribution in [0.4, 0.5) is 30.7 Å². The summed E-state index contributed by atoms with van der Waals surface area (Å²) in [5.74, 6) is -3.10. The van der Waals surface area contributed by atoms with Crippen molar-refractivity contribution in [3.63, 3.8) is 0 Å². The van der Waals surface area contributed by atoms with Gasteiger partial charge in [-0.05, 0) is 102 Å². The Kier molecular flexibility index (Phi) is 10.7. The van der Waals surface area contributed by atoms with Crippen LogP contribution in [0.25, 0.3) is 33.4 Å². The number of rotatable bonds is 13. The zero-order valence-electron chi connectivity index (χ0n) is 25.7. The number of unbranched alkanes of at least 4 members (excludes halogenated alkanes) is 2. The Morgan fingerprint density at radius 3 is 1.74 bits per heavy atom. The molecule has 0 saturated heterocycles. The highest BCUT2D eigenvalue weighted by molar-refractivity contribution is 5.74. The number of ether oxygens (including phenoxy) is 1. The summed E-state index contributed by atoms with van der Waals surface area (Å²) in [5, 5.41) is 0. The average Bonchev–Trinajstić information content (AvgIpc) is 3.04. The van der Waals surface area contributed by atoms with Crippen LogP contribution in [0.5, 0.6) is 5.75 Å². The van der Waals surface area contributed by atoms with Crippen molar-refractivity contribution in [2.75, 3.05) is 6.67 Å². The van der Waals surface area contributed by atoms with Gasteiger partial charge in [0.05, 0.1) is 12.2 Å². The van der Waals surface area contributed by atoms with Gasteiger partial charge in [-0.25, -0.2) is 17.6 Å². The topological polar surface area (TPSA) is 9.23 Å². The summed E-state index contributed by atoms with van der Waals surface area (Å²) in [7, 11) is 0. The molecule has 0 heterocycles. The van der Waals surface area contributed by atoms with E-state index in [0.29, 0.717) is 34.2 Å². The Bertz CT molecular complexity index is 1830. The fourth-order valence-electron chi connectivity index (χ4n) is 5.47. The molecule has 5 rings (SSSR count). The van der Waals surface area contributed by atoms with Gasteiger partial charge in [0.2, 0.25) is 0 Å². The van der Waals surface area contributed by atoms with Crippen LogP contribution in [0, 0.1) is 23.3 Å². The lowest BCUT2D eigenvalue weighted by molar-refractivity contribution is -0.187. The fraction of sp³-hybridized carbons (Fsp3) is 0.231. The summed E-state index contributed by atoms with van der Waals surface area (Å²) < 4.78 is 106. The molecule has 1 nitrogen and oxygen atoms in total. The number of hydrogen-bond donors (Lipinski definition) is 0. The standard InChI is InChI=1S/C39H33F7O/c1-2-3-4-6-25-8-19-34(38(44)21-25)39(45,46)47-31-15-11-26(12-16-31)28-13-17-32(36(42)22-28)30-14-18-33(37(43)24-30)29-10-9-27(7-5-20-40)35(41)23-29/h8-19,21-24H,2-7,20H2,1H3. The second kappa shape index (κ2) is 14.9. The summed E-state index contributed by atoms with van der Waals surface area (Å²) in [4.78, 5) is 0. The Labute approximate surface area is 269 Å². The van der Waals surface area contributed by atoms with E-state index in [4.69, 9.17) is 4.74 Å². The van der Waals surface area contributed by atoms with Gasteiger partial charge in [0.25, 0.3) is 0 Å². The minimum atomic E-state index is -3.92. The Balaban J connectivity index is 1.28. The maximum absolute atomic E-state index is 15.3. The predicted octanol–water partition coefficient (Wildman–Crippen LogP) is 12.0. The highest BCUT2D eigenvalue weighted by Gasteiger charge is 2.37. The van der Waals surface area contributed by atoms with Crippen LogP contribution in [-0.4, -0.2) is 6.67 Å². The number of aryl methyl sites for hydroxylation is 2. The van der Waals surface area contributed by atoms with Gasteiger partial charge in [-0.3, -0.25) is 4.39 Å². The van der Waals surface area contributed by atoms with Crippen LogP contribution in [0.3, 0.4) is 0 Å². The average molecular weight is 651 g/mol. The van der Waals surface area contributed by atoms with Crippen LogP contribution in [-0.2, 0) is 19.0 Å². The SMILES string of the molecule is CCCCCc1ccc(C(F)(F)Oc2ccc(-c3ccc(-c4ccc(-c5ccc(CCCF)c(F)c5)c(F)c4)c(F)c3)cc2)c(F)c1. The minimum absolute atomic E-state index is 0.130. The molecule has 0 atom stereocenters. The molecule has 0 unspecified atom stereocenters. The van der Waals surface area contributed by atoms with E-state index in [0.717, 1.165) is 37.5 Å². The van der Waals surface area contributed by atoms with Crippen LogP contribution >= 0.6 is 0 Å². The van der Waals surface area contributed by atoms with Gasteiger partial charge >= 0.3 is 6.11 Å². The number of benzene rings is 5. The lowest BCUT2D eigenvalue weighted by atomic mass is 9.96. The van der Waals surface area contributed by atoms with E-state index in [1.165, 1.54) is 66.7 Å². The van der Waals surface area contributed by atoms with Crippen LogP contribution in [0.2, 0.25) is 0 Å². The molecule has 0 N–H and O–H groups in total. The number of halogens is 7. The molecule has 0 spiro atoms. The molecule has 0 saturated carbocycles.